The van der Waals surface area contributed by atoms with Gasteiger partial charge in [0.15, 0.2) is 6.61 Å². The first-order valence-corrected chi connectivity index (χ1v) is 13.7. The SMILES string of the molecule is CCOC(=O)COc1ccc2c(c1)CCc1ccccc1[C@@H]2NC(=O)OCC1c2ccccc2-c2ccccc21. The van der Waals surface area contributed by atoms with Gasteiger partial charge in [-0.25, -0.2) is 9.59 Å². The summed E-state index contributed by atoms with van der Waals surface area (Å²) in [5.74, 6) is 0.184. The number of carbonyl (C=O) groups is 2. The quantitative estimate of drug-likeness (QED) is 0.280. The van der Waals surface area contributed by atoms with Gasteiger partial charge in [0.05, 0.1) is 12.6 Å². The zero-order valence-corrected chi connectivity index (χ0v) is 22.4. The molecule has 6 nitrogen and oxygen atoms in total. The van der Waals surface area contributed by atoms with E-state index in [-0.39, 0.29) is 25.2 Å². The van der Waals surface area contributed by atoms with Crippen LogP contribution in [0.5, 0.6) is 5.75 Å². The molecule has 0 radical (unpaired) electrons. The summed E-state index contributed by atoms with van der Waals surface area (Å²) in [5, 5.41) is 3.15. The molecule has 4 aromatic rings. The van der Waals surface area contributed by atoms with Crippen molar-refractivity contribution >= 4 is 12.1 Å². The standard InChI is InChI=1S/C34H31NO5/c1-2-38-32(36)21-39-24-17-18-26-23(19-24)16-15-22-9-3-4-10-25(22)33(26)35-34(37)40-20-31-29-13-7-5-11-27(29)28-12-6-8-14-30(28)31/h3-14,17-19,31,33H,2,15-16,20-21H2,1H3,(H,35,37)/t33-/m0/s1. The van der Waals surface area contributed by atoms with Gasteiger partial charge in [0.2, 0.25) is 0 Å². The van der Waals surface area contributed by atoms with Gasteiger partial charge in [-0.1, -0.05) is 78.9 Å². The van der Waals surface area contributed by atoms with E-state index in [1.807, 2.05) is 54.6 Å². The Bertz CT molecular complexity index is 1520. The number of amides is 1. The lowest BCUT2D eigenvalue weighted by Crippen LogP contribution is -2.31. The Kier molecular flexibility index (Phi) is 7.23. The molecular weight excluding hydrogens is 502 g/mol. The minimum absolute atomic E-state index is 0.00837. The van der Waals surface area contributed by atoms with Crippen LogP contribution in [0.4, 0.5) is 4.79 Å². The predicted octanol–water partition coefficient (Wildman–Crippen LogP) is 6.36. The molecule has 1 atom stereocenters. The first kappa shape index (κ1) is 25.7. The highest BCUT2D eigenvalue weighted by Gasteiger charge is 2.30. The van der Waals surface area contributed by atoms with Crippen LogP contribution in [0.3, 0.4) is 0 Å². The second-order valence-corrected chi connectivity index (χ2v) is 10.1. The van der Waals surface area contributed by atoms with Crippen molar-refractivity contribution in [3.63, 3.8) is 0 Å². The maximum absolute atomic E-state index is 13.3. The van der Waals surface area contributed by atoms with Crippen LogP contribution in [-0.4, -0.2) is 31.9 Å². The number of esters is 1. The molecule has 40 heavy (non-hydrogen) atoms. The van der Waals surface area contributed by atoms with Crippen molar-refractivity contribution in [2.75, 3.05) is 19.8 Å². The summed E-state index contributed by atoms with van der Waals surface area (Å²) in [6, 6.07) is 30.2. The lowest BCUT2D eigenvalue weighted by molar-refractivity contribution is -0.145. The van der Waals surface area contributed by atoms with Gasteiger partial charge in [-0.15, -0.1) is 0 Å². The zero-order valence-electron chi connectivity index (χ0n) is 22.4. The van der Waals surface area contributed by atoms with Crippen molar-refractivity contribution in [2.24, 2.45) is 0 Å². The molecular formula is C34H31NO5. The van der Waals surface area contributed by atoms with Gasteiger partial charge >= 0.3 is 12.1 Å². The van der Waals surface area contributed by atoms with Crippen molar-refractivity contribution in [1.29, 1.82) is 0 Å². The Morgan fingerprint density at radius 2 is 1.38 bits per heavy atom. The van der Waals surface area contributed by atoms with Crippen molar-refractivity contribution in [3.05, 3.63) is 124 Å². The maximum Gasteiger partial charge on any atom is 0.407 e. The highest BCUT2D eigenvalue weighted by molar-refractivity contribution is 5.79. The summed E-state index contributed by atoms with van der Waals surface area (Å²) in [6.07, 6.45) is 1.15. The Morgan fingerprint density at radius 1 is 0.750 bits per heavy atom. The van der Waals surface area contributed by atoms with Gasteiger partial charge in [0.25, 0.3) is 0 Å². The molecule has 0 fully saturated rings. The van der Waals surface area contributed by atoms with Crippen molar-refractivity contribution < 1.29 is 23.8 Å². The Hall–Kier alpha value is -4.58. The van der Waals surface area contributed by atoms with Crippen LogP contribution in [0.25, 0.3) is 11.1 Å². The van der Waals surface area contributed by atoms with E-state index < -0.39 is 12.1 Å². The highest BCUT2D eigenvalue weighted by atomic mass is 16.6. The first-order chi connectivity index (χ1) is 19.6. The topological polar surface area (TPSA) is 73.9 Å². The minimum atomic E-state index is -0.461. The first-order valence-electron chi connectivity index (χ1n) is 13.7. The fraction of sp³-hybridized carbons (Fsp3) is 0.235. The van der Waals surface area contributed by atoms with E-state index in [2.05, 4.69) is 41.7 Å². The van der Waals surface area contributed by atoms with E-state index in [9.17, 15) is 9.59 Å². The summed E-state index contributed by atoms with van der Waals surface area (Å²) in [5.41, 5.74) is 9.02. The number of benzene rings is 4. The van der Waals surface area contributed by atoms with E-state index >= 15 is 0 Å². The third-order valence-electron chi connectivity index (χ3n) is 7.72. The van der Waals surface area contributed by atoms with Gasteiger partial charge in [-0.3, -0.25) is 0 Å². The van der Waals surface area contributed by atoms with Gasteiger partial charge in [0, 0.05) is 5.92 Å². The largest absolute Gasteiger partial charge is 0.482 e. The predicted molar refractivity (Wildman–Crippen MR) is 152 cm³/mol. The van der Waals surface area contributed by atoms with Crippen molar-refractivity contribution in [2.45, 2.75) is 31.7 Å². The number of alkyl carbamates (subject to hydrolysis) is 1. The molecule has 0 aliphatic heterocycles. The Balaban J connectivity index is 1.22. The van der Waals surface area contributed by atoms with Gasteiger partial charge in [-0.2, -0.15) is 0 Å². The third kappa shape index (κ3) is 5.05. The molecule has 2 aliphatic carbocycles. The van der Waals surface area contributed by atoms with Crippen molar-refractivity contribution in [3.8, 4) is 16.9 Å². The average molecular weight is 534 g/mol. The van der Waals surface area contributed by atoms with Gasteiger partial charge in [0.1, 0.15) is 12.4 Å². The van der Waals surface area contributed by atoms with Gasteiger partial charge < -0.3 is 19.5 Å². The molecule has 2 aliphatic rings. The molecule has 0 unspecified atom stereocenters. The molecule has 1 N–H and O–H groups in total. The second kappa shape index (κ2) is 11.3. The lowest BCUT2D eigenvalue weighted by atomic mass is 9.94. The van der Waals surface area contributed by atoms with Gasteiger partial charge in [-0.05, 0) is 76.4 Å². The summed E-state index contributed by atoms with van der Waals surface area (Å²) in [4.78, 5) is 25.1. The number of aryl methyl sites for hydroxylation is 2. The summed E-state index contributed by atoms with van der Waals surface area (Å²) >= 11 is 0. The fourth-order valence-corrected chi connectivity index (χ4v) is 5.91. The molecule has 0 saturated carbocycles. The van der Waals surface area contributed by atoms with E-state index in [0.717, 1.165) is 29.5 Å². The monoisotopic (exact) mass is 533 g/mol. The lowest BCUT2D eigenvalue weighted by Gasteiger charge is -2.23. The zero-order chi connectivity index (χ0) is 27.5. The number of ether oxygens (including phenoxy) is 3. The van der Waals surface area contributed by atoms with Crippen LogP contribution in [0, 0.1) is 0 Å². The van der Waals surface area contributed by atoms with Crippen LogP contribution in [0.2, 0.25) is 0 Å². The molecule has 0 spiro atoms. The third-order valence-corrected chi connectivity index (χ3v) is 7.72. The molecule has 6 rings (SSSR count). The number of hydrogen-bond acceptors (Lipinski definition) is 5. The molecule has 0 bridgehead atoms. The molecule has 202 valence electrons. The molecule has 0 saturated heterocycles. The average Bonchev–Trinajstić information content (AvgIpc) is 3.22. The number of hydrogen-bond donors (Lipinski definition) is 1. The second-order valence-electron chi connectivity index (χ2n) is 10.1. The Labute approximate surface area is 233 Å². The highest BCUT2D eigenvalue weighted by Crippen LogP contribution is 2.44. The van der Waals surface area contributed by atoms with E-state index in [0.29, 0.717) is 12.4 Å². The molecule has 4 aromatic carbocycles. The van der Waals surface area contributed by atoms with Crippen LogP contribution >= 0.6 is 0 Å². The minimum Gasteiger partial charge on any atom is -0.482 e. The summed E-state index contributed by atoms with van der Waals surface area (Å²) < 4.78 is 16.6. The summed E-state index contributed by atoms with van der Waals surface area (Å²) in [7, 11) is 0. The smallest absolute Gasteiger partial charge is 0.407 e. The van der Waals surface area contributed by atoms with Crippen LogP contribution < -0.4 is 10.1 Å². The Morgan fingerprint density at radius 3 is 2.10 bits per heavy atom. The van der Waals surface area contributed by atoms with E-state index in [4.69, 9.17) is 14.2 Å². The molecule has 6 heteroatoms. The van der Waals surface area contributed by atoms with Crippen LogP contribution in [-0.2, 0) is 27.1 Å². The summed E-state index contributed by atoms with van der Waals surface area (Å²) in [6.45, 7) is 2.19. The fourth-order valence-electron chi connectivity index (χ4n) is 5.91. The van der Waals surface area contributed by atoms with E-state index in [1.165, 1.54) is 27.8 Å². The normalized spacial score (nSPS) is 15.1. The molecule has 0 aromatic heterocycles. The van der Waals surface area contributed by atoms with Crippen molar-refractivity contribution in [1.82, 2.24) is 5.32 Å². The number of nitrogens with one attached hydrogen (secondary N) is 1. The maximum atomic E-state index is 13.3. The van der Waals surface area contributed by atoms with E-state index in [1.54, 1.807) is 6.92 Å². The number of fused-ring (bicyclic) bond motifs is 5. The van der Waals surface area contributed by atoms with Crippen LogP contribution in [0.1, 0.15) is 52.3 Å². The molecule has 0 heterocycles. The molecule has 1 amide bonds. The number of carbonyl (C=O) groups excluding carboxylic acids is 2. The van der Waals surface area contributed by atoms with Crippen LogP contribution in [0.15, 0.2) is 91.0 Å². The number of rotatable bonds is 7.